The van der Waals surface area contributed by atoms with Crippen molar-refractivity contribution < 1.29 is 0 Å². The molecule has 2 aromatic rings. The Labute approximate surface area is 123 Å². The number of halogens is 1. The molecule has 3 heteroatoms. The lowest BCUT2D eigenvalue weighted by Crippen LogP contribution is -1.97. The average molecular weight is 292 g/mol. The van der Waals surface area contributed by atoms with Gasteiger partial charge in [0.05, 0.1) is 5.38 Å². The van der Waals surface area contributed by atoms with Gasteiger partial charge >= 0.3 is 0 Å². The molecule has 0 radical (unpaired) electrons. The second kappa shape index (κ2) is 5.64. The first-order chi connectivity index (χ1) is 9.22. The van der Waals surface area contributed by atoms with E-state index < -0.39 is 0 Å². The molecule has 0 aromatic carbocycles. The van der Waals surface area contributed by atoms with Crippen LogP contribution >= 0.6 is 22.9 Å². The lowest BCUT2D eigenvalue weighted by atomic mass is 9.99. The molecule has 1 unspecified atom stereocenters. The maximum atomic E-state index is 6.57. The Morgan fingerprint density at radius 1 is 1.32 bits per heavy atom. The minimum atomic E-state index is 0.0609. The summed E-state index contributed by atoms with van der Waals surface area (Å²) in [6, 6.07) is 6.51. The Bertz CT molecular complexity index is 535. The first kappa shape index (κ1) is 13.1. The van der Waals surface area contributed by atoms with Crippen molar-refractivity contribution in [2.24, 2.45) is 0 Å². The normalized spacial score (nSPS) is 16.1. The number of hydrogen-bond acceptors (Lipinski definition) is 2. The van der Waals surface area contributed by atoms with Gasteiger partial charge in [-0.25, -0.2) is 0 Å². The van der Waals surface area contributed by atoms with Crippen molar-refractivity contribution in [2.75, 3.05) is 0 Å². The van der Waals surface area contributed by atoms with E-state index in [4.69, 9.17) is 11.6 Å². The van der Waals surface area contributed by atoms with Crippen molar-refractivity contribution in [3.8, 4) is 0 Å². The van der Waals surface area contributed by atoms with Gasteiger partial charge in [-0.3, -0.25) is 4.98 Å². The van der Waals surface area contributed by atoms with Crippen molar-refractivity contribution in [1.29, 1.82) is 0 Å². The summed E-state index contributed by atoms with van der Waals surface area (Å²) in [4.78, 5) is 7.32. The molecule has 0 aliphatic heterocycles. The van der Waals surface area contributed by atoms with Crippen molar-refractivity contribution >= 4 is 22.9 Å². The van der Waals surface area contributed by atoms with Gasteiger partial charge in [0, 0.05) is 28.1 Å². The lowest BCUT2D eigenvalue weighted by molar-refractivity contribution is 0.697. The third-order valence-corrected chi connectivity index (χ3v) is 5.55. The molecule has 0 bridgehead atoms. The molecule has 2 aromatic heterocycles. The van der Waals surface area contributed by atoms with Gasteiger partial charge in [0.1, 0.15) is 0 Å². The summed E-state index contributed by atoms with van der Waals surface area (Å²) in [5.74, 6) is 0. The number of nitrogens with zero attached hydrogens (tertiary/aromatic N) is 1. The fourth-order valence-electron chi connectivity index (χ4n) is 2.57. The molecule has 2 heterocycles. The van der Waals surface area contributed by atoms with E-state index in [0.29, 0.717) is 0 Å². The van der Waals surface area contributed by atoms with Gasteiger partial charge in [-0.2, -0.15) is 0 Å². The zero-order valence-electron chi connectivity index (χ0n) is 11.2. The van der Waals surface area contributed by atoms with Crippen LogP contribution in [0.4, 0.5) is 0 Å². The highest BCUT2D eigenvalue weighted by Crippen LogP contribution is 2.36. The Kier molecular flexibility index (Phi) is 3.90. The Morgan fingerprint density at radius 2 is 2.16 bits per heavy atom. The highest BCUT2D eigenvalue weighted by molar-refractivity contribution is 7.12. The highest BCUT2D eigenvalue weighted by atomic mass is 35.5. The van der Waals surface area contributed by atoms with Gasteiger partial charge in [0.25, 0.3) is 0 Å². The van der Waals surface area contributed by atoms with Gasteiger partial charge in [-0.15, -0.1) is 22.9 Å². The first-order valence-electron chi connectivity index (χ1n) is 6.89. The van der Waals surface area contributed by atoms with E-state index in [0.717, 1.165) is 12.1 Å². The number of hydrogen-bond donors (Lipinski definition) is 0. The molecular weight excluding hydrogens is 274 g/mol. The average Bonchev–Trinajstić information content (AvgIpc) is 2.85. The molecule has 100 valence electrons. The summed E-state index contributed by atoms with van der Waals surface area (Å²) in [5.41, 5.74) is 3.81. The fourth-order valence-corrected chi connectivity index (χ4v) is 4.16. The predicted octanol–water partition coefficient (Wildman–Crippen LogP) is 4.85. The van der Waals surface area contributed by atoms with Crippen LogP contribution in [-0.2, 0) is 19.3 Å². The second-order valence-electron chi connectivity index (χ2n) is 5.30. The molecule has 1 aliphatic rings. The Balaban J connectivity index is 1.74. The molecule has 0 saturated heterocycles. The summed E-state index contributed by atoms with van der Waals surface area (Å²) in [6.45, 7) is 2.06. The van der Waals surface area contributed by atoms with Crippen LogP contribution in [0.5, 0.6) is 0 Å². The van der Waals surface area contributed by atoms with E-state index in [9.17, 15) is 0 Å². The molecule has 0 fully saturated rings. The van der Waals surface area contributed by atoms with Crippen LogP contribution in [0, 0.1) is 6.92 Å². The number of thiophene rings is 1. The number of aryl methyl sites for hydroxylation is 3. The monoisotopic (exact) mass is 291 g/mol. The van der Waals surface area contributed by atoms with Crippen molar-refractivity contribution in [3.63, 3.8) is 0 Å². The lowest BCUT2D eigenvalue weighted by Gasteiger charge is -2.08. The van der Waals surface area contributed by atoms with Crippen LogP contribution in [0.2, 0.25) is 0 Å². The maximum absolute atomic E-state index is 6.57. The van der Waals surface area contributed by atoms with Crippen LogP contribution < -0.4 is 0 Å². The summed E-state index contributed by atoms with van der Waals surface area (Å²) in [6.07, 6.45) is 7.87. The number of aromatic nitrogens is 1. The van der Waals surface area contributed by atoms with Gasteiger partial charge in [0.2, 0.25) is 0 Å². The number of pyridine rings is 1. The van der Waals surface area contributed by atoms with E-state index in [1.807, 2.05) is 17.5 Å². The third-order valence-electron chi connectivity index (χ3n) is 3.69. The quantitative estimate of drug-likeness (QED) is 0.737. The van der Waals surface area contributed by atoms with Crippen LogP contribution in [0.25, 0.3) is 0 Å². The van der Waals surface area contributed by atoms with Crippen LogP contribution in [0.1, 0.15) is 44.8 Å². The van der Waals surface area contributed by atoms with E-state index in [-0.39, 0.29) is 5.38 Å². The number of alkyl halides is 1. The van der Waals surface area contributed by atoms with Crippen LogP contribution in [-0.4, -0.2) is 4.98 Å². The van der Waals surface area contributed by atoms with E-state index in [2.05, 4.69) is 30.1 Å². The third kappa shape index (κ3) is 3.01. The molecule has 1 nitrogen and oxygen atoms in total. The Morgan fingerprint density at radius 3 is 2.89 bits per heavy atom. The molecule has 0 spiro atoms. The molecule has 0 amide bonds. The largest absolute Gasteiger partial charge is 0.261 e. The van der Waals surface area contributed by atoms with Gasteiger partial charge in [-0.1, -0.05) is 6.07 Å². The minimum Gasteiger partial charge on any atom is -0.261 e. The highest BCUT2D eigenvalue weighted by Gasteiger charge is 2.18. The minimum absolute atomic E-state index is 0.0609. The van der Waals surface area contributed by atoms with Crippen molar-refractivity contribution in [1.82, 2.24) is 4.98 Å². The maximum Gasteiger partial charge on any atom is 0.0734 e. The topological polar surface area (TPSA) is 12.9 Å². The molecule has 3 rings (SSSR count). The molecule has 0 saturated carbocycles. The first-order valence-corrected chi connectivity index (χ1v) is 8.15. The number of fused-ring (bicyclic) bond motifs is 1. The van der Waals surface area contributed by atoms with Crippen molar-refractivity contribution in [2.45, 2.75) is 44.4 Å². The Hall–Kier alpha value is -0.860. The predicted molar refractivity (Wildman–Crippen MR) is 82.2 cm³/mol. The molecule has 19 heavy (non-hydrogen) atoms. The van der Waals surface area contributed by atoms with E-state index in [1.54, 1.807) is 4.88 Å². The smallest absolute Gasteiger partial charge is 0.0734 e. The molecular formula is C16H18ClNS. The van der Waals surface area contributed by atoms with Gasteiger partial charge < -0.3 is 0 Å². The fraction of sp³-hybridized carbons (Fsp3) is 0.438. The summed E-state index contributed by atoms with van der Waals surface area (Å²) in [5, 5.41) is 0.0609. The molecule has 0 N–H and O–H groups in total. The molecule has 1 aliphatic carbocycles. The van der Waals surface area contributed by atoms with E-state index in [1.165, 1.54) is 41.7 Å². The summed E-state index contributed by atoms with van der Waals surface area (Å²) < 4.78 is 0. The SMILES string of the molecule is Cc1ccc(CC(Cl)c2cc3c(s2)CCCC3)nc1. The summed E-state index contributed by atoms with van der Waals surface area (Å²) in [7, 11) is 0. The standard InChI is InChI=1S/C16H18ClNS/c1-11-6-7-13(18-10-11)9-14(17)16-8-12-4-2-3-5-15(12)19-16/h6-8,10,14H,2-5,9H2,1H3. The molecule has 1 atom stereocenters. The van der Waals surface area contributed by atoms with Crippen LogP contribution in [0.15, 0.2) is 24.4 Å². The van der Waals surface area contributed by atoms with E-state index >= 15 is 0 Å². The van der Waals surface area contributed by atoms with Gasteiger partial charge in [-0.05, 0) is 55.9 Å². The van der Waals surface area contributed by atoms with Crippen LogP contribution in [0.3, 0.4) is 0 Å². The zero-order chi connectivity index (χ0) is 13.2. The number of rotatable bonds is 3. The summed E-state index contributed by atoms with van der Waals surface area (Å²) >= 11 is 8.48. The second-order valence-corrected chi connectivity index (χ2v) is 7.00. The van der Waals surface area contributed by atoms with Crippen molar-refractivity contribution in [3.05, 3.63) is 51.0 Å². The van der Waals surface area contributed by atoms with Gasteiger partial charge in [0.15, 0.2) is 0 Å². The zero-order valence-corrected chi connectivity index (χ0v) is 12.7.